The standard InChI is InChI=1S/C13H14BrN3O3S/c1-7(2)17-5-8(14)3-10(17)12(18)15-4-11-16-9(6-21-11)13(19)20/h3,5-7H,4H2,1-2H3,(H,15,18)(H,19,20). The average Bonchev–Trinajstić information content (AvgIpc) is 3.02. The van der Waals surface area contributed by atoms with Crippen molar-refractivity contribution in [2.45, 2.75) is 26.4 Å². The zero-order chi connectivity index (χ0) is 15.6. The maximum atomic E-state index is 12.2. The molecular formula is C13H14BrN3O3S. The van der Waals surface area contributed by atoms with E-state index in [4.69, 9.17) is 5.11 Å². The molecule has 0 radical (unpaired) electrons. The number of carboxylic acids is 1. The fourth-order valence-corrected chi connectivity index (χ4v) is 2.94. The highest BCUT2D eigenvalue weighted by molar-refractivity contribution is 9.10. The first-order chi connectivity index (χ1) is 9.88. The van der Waals surface area contributed by atoms with Crippen LogP contribution < -0.4 is 5.32 Å². The second-order valence-corrected chi connectivity index (χ2v) is 6.52. The second-order valence-electron chi connectivity index (χ2n) is 4.66. The molecule has 0 fully saturated rings. The summed E-state index contributed by atoms with van der Waals surface area (Å²) in [6.07, 6.45) is 1.85. The molecule has 0 saturated heterocycles. The number of carboxylic acid groups (broad SMARTS) is 1. The monoisotopic (exact) mass is 371 g/mol. The number of hydrogen-bond donors (Lipinski definition) is 2. The predicted octanol–water partition coefficient (Wildman–Crippen LogP) is 2.92. The maximum absolute atomic E-state index is 12.2. The lowest BCUT2D eigenvalue weighted by Crippen LogP contribution is -2.25. The molecule has 112 valence electrons. The van der Waals surface area contributed by atoms with Crippen molar-refractivity contribution in [3.63, 3.8) is 0 Å². The summed E-state index contributed by atoms with van der Waals surface area (Å²) in [6.45, 7) is 4.18. The first-order valence-electron chi connectivity index (χ1n) is 6.21. The largest absolute Gasteiger partial charge is 0.476 e. The molecule has 2 rings (SSSR count). The Morgan fingerprint density at radius 3 is 2.81 bits per heavy atom. The van der Waals surface area contributed by atoms with Crippen molar-refractivity contribution in [1.29, 1.82) is 0 Å². The number of carbonyl (C=O) groups is 2. The molecular weight excluding hydrogens is 358 g/mol. The molecule has 0 aromatic carbocycles. The Kier molecular flexibility index (Phi) is 4.79. The fourth-order valence-electron chi connectivity index (χ4n) is 1.79. The van der Waals surface area contributed by atoms with Gasteiger partial charge in [-0.3, -0.25) is 4.79 Å². The van der Waals surface area contributed by atoms with Crippen molar-refractivity contribution < 1.29 is 14.7 Å². The minimum atomic E-state index is -1.07. The molecule has 8 heteroatoms. The van der Waals surface area contributed by atoms with E-state index in [9.17, 15) is 9.59 Å². The van der Waals surface area contributed by atoms with E-state index < -0.39 is 5.97 Å². The maximum Gasteiger partial charge on any atom is 0.355 e. The fraction of sp³-hybridized carbons (Fsp3) is 0.308. The summed E-state index contributed by atoms with van der Waals surface area (Å²) in [7, 11) is 0. The van der Waals surface area contributed by atoms with Crippen LogP contribution in [0.4, 0.5) is 0 Å². The van der Waals surface area contributed by atoms with Crippen LogP contribution >= 0.6 is 27.3 Å². The van der Waals surface area contributed by atoms with Crippen molar-refractivity contribution >= 4 is 39.1 Å². The molecule has 2 N–H and O–H groups in total. The van der Waals surface area contributed by atoms with Crippen LogP contribution in [0.1, 0.15) is 45.9 Å². The van der Waals surface area contributed by atoms with Crippen molar-refractivity contribution in [3.05, 3.63) is 38.5 Å². The van der Waals surface area contributed by atoms with Crippen LogP contribution in [0.5, 0.6) is 0 Å². The number of rotatable bonds is 5. The van der Waals surface area contributed by atoms with Crippen molar-refractivity contribution in [1.82, 2.24) is 14.9 Å². The van der Waals surface area contributed by atoms with Crippen LogP contribution in [0.25, 0.3) is 0 Å². The molecule has 0 saturated carbocycles. The Bertz CT molecular complexity index is 678. The molecule has 21 heavy (non-hydrogen) atoms. The van der Waals surface area contributed by atoms with E-state index in [1.807, 2.05) is 24.6 Å². The Labute approximate surface area is 133 Å². The smallest absolute Gasteiger partial charge is 0.355 e. The van der Waals surface area contributed by atoms with Crippen LogP contribution in [-0.4, -0.2) is 26.5 Å². The lowest BCUT2D eigenvalue weighted by molar-refractivity contribution is 0.0691. The number of thiazole rings is 1. The van der Waals surface area contributed by atoms with Crippen molar-refractivity contribution in [3.8, 4) is 0 Å². The van der Waals surface area contributed by atoms with E-state index >= 15 is 0 Å². The van der Waals surface area contributed by atoms with E-state index in [2.05, 4.69) is 26.2 Å². The van der Waals surface area contributed by atoms with E-state index in [1.54, 1.807) is 6.07 Å². The van der Waals surface area contributed by atoms with Crippen LogP contribution in [0.2, 0.25) is 0 Å². The molecule has 0 aliphatic rings. The quantitative estimate of drug-likeness (QED) is 0.845. The molecule has 0 aliphatic carbocycles. The Hall–Kier alpha value is -1.67. The summed E-state index contributed by atoms with van der Waals surface area (Å²) in [5.74, 6) is -1.29. The highest BCUT2D eigenvalue weighted by Gasteiger charge is 2.15. The van der Waals surface area contributed by atoms with Crippen molar-refractivity contribution in [2.75, 3.05) is 0 Å². The van der Waals surface area contributed by atoms with Gasteiger partial charge in [0.15, 0.2) is 5.69 Å². The molecule has 0 bridgehead atoms. The molecule has 0 atom stereocenters. The first kappa shape index (κ1) is 15.7. The van der Waals surface area contributed by atoms with Gasteiger partial charge in [0, 0.05) is 22.1 Å². The van der Waals surface area contributed by atoms with Gasteiger partial charge in [0.2, 0.25) is 0 Å². The molecule has 2 aromatic heterocycles. The Morgan fingerprint density at radius 2 is 2.24 bits per heavy atom. The van der Waals surface area contributed by atoms with Gasteiger partial charge in [0.05, 0.1) is 6.54 Å². The van der Waals surface area contributed by atoms with Gasteiger partial charge < -0.3 is 15.0 Å². The third kappa shape index (κ3) is 3.70. The van der Waals surface area contributed by atoms with Gasteiger partial charge in [-0.05, 0) is 35.8 Å². The molecule has 0 unspecified atom stereocenters. The number of aromatic carboxylic acids is 1. The minimum absolute atomic E-state index is 0.00227. The number of nitrogens with one attached hydrogen (secondary N) is 1. The summed E-state index contributed by atoms with van der Waals surface area (Å²) in [4.78, 5) is 26.9. The number of halogens is 1. The van der Waals surface area contributed by atoms with Gasteiger partial charge in [0.25, 0.3) is 5.91 Å². The highest BCUT2D eigenvalue weighted by atomic mass is 79.9. The van der Waals surface area contributed by atoms with Gasteiger partial charge in [-0.1, -0.05) is 0 Å². The summed E-state index contributed by atoms with van der Waals surface area (Å²) < 4.78 is 2.70. The summed E-state index contributed by atoms with van der Waals surface area (Å²) in [5.41, 5.74) is 0.546. The molecule has 2 aromatic rings. The zero-order valence-corrected chi connectivity index (χ0v) is 13.9. The Balaban J connectivity index is 2.06. The summed E-state index contributed by atoms with van der Waals surface area (Å²) in [6, 6.07) is 1.91. The van der Waals surface area contributed by atoms with E-state index in [0.29, 0.717) is 10.7 Å². The number of nitrogens with zero attached hydrogens (tertiary/aromatic N) is 2. The Morgan fingerprint density at radius 1 is 1.52 bits per heavy atom. The van der Waals surface area contributed by atoms with E-state index in [0.717, 1.165) is 4.47 Å². The van der Waals surface area contributed by atoms with Crippen LogP contribution in [0, 0.1) is 0 Å². The lowest BCUT2D eigenvalue weighted by Gasteiger charge is -2.12. The van der Waals surface area contributed by atoms with Crippen molar-refractivity contribution in [2.24, 2.45) is 0 Å². The van der Waals surface area contributed by atoms with Crippen LogP contribution in [0.15, 0.2) is 22.1 Å². The van der Waals surface area contributed by atoms with E-state index in [1.165, 1.54) is 16.7 Å². The highest BCUT2D eigenvalue weighted by Crippen LogP contribution is 2.19. The first-order valence-corrected chi connectivity index (χ1v) is 7.89. The second kappa shape index (κ2) is 6.40. The van der Waals surface area contributed by atoms with Gasteiger partial charge in [-0.15, -0.1) is 11.3 Å². The van der Waals surface area contributed by atoms with Gasteiger partial charge in [-0.25, -0.2) is 9.78 Å². The summed E-state index contributed by atoms with van der Waals surface area (Å²) >= 11 is 4.57. The van der Waals surface area contributed by atoms with Crippen LogP contribution in [-0.2, 0) is 6.54 Å². The molecule has 2 heterocycles. The molecule has 0 spiro atoms. The van der Waals surface area contributed by atoms with Crippen LogP contribution in [0.3, 0.4) is 0 Å². The normalized spacial score (nSPS) is 10.9. The topological polar surface area (TPSA) is 84.2 Å². The third-order valence-corrected chi connectivity index (χ3v) is 4.06. The van der Waals surface area contributed by atoms with E-state index in [-0.39, 0.29) is 24.2 Å². The van der Waals surface area contributed by atoms with Gasteiger partial charge in [0.1, 0.15) is 10.7 Å². The number of amides is 1. The third-order valence-electron chi connectivity index (χ3n) is 2.78. The average molecular weight is 372 g/mol. The number of aromatic nitrogens is 2. The molecule has 6 nitrogen and oxygen atoms in total. The van der Waals surface area contributed by atoms with Gasteiger partial charge in [-0.2, -0.15) is 0 Å². The molecule has 0 aliphatic heterocycles. The lowest BCUT2D eigenvalue weighted by atomic mass is 10.3. The van der Waals surface area contributed by atoms with Gasteiger partial charge >= 0.3 is 5.97 Å². The number of hydrogen-bond acceptors (Lipinski definition) is 4. The zero-order valence-electron chi connectivity index (χ0n) is 11.5. The number of carbonyl (C=O) groups excluding carboxylic acids is 1. The summed E-state index contributed by atoms with van der Waals surface area (Å²) in [5, 5.41) is 13.6. The predicted molar refractivity (Wildman–Crippen MR) is 82.8 cm³/mol. The molecule has 1 amide bonds. The minimum Gasteiger partial charge on any atom is -0.476 e. The SMILES string of the molecule is CC(C)n1cc(Br)cc1C(=O)NCc1nc(C(=O)O)cs1.